The second kappa shape index (κ2) is 20.2. The zero-order valence-corrected chi connectivity index (χ0v) is 31.3. The van der Waals surface area contributed by atoms with Crippen LogP contribution in [0.15, 0.2) is 36.7 Å². The number of likely N-dealkylation sites (tertiary alicyclic amines) is 1. The molecule has 2 saturated heterocycles. The maximum Gasteiger partial charge on any atom is 0.227 e. The summed E-state index contributed by atoms with van der Waals surface area (Å²) in [5.41, 5.74) is 2.55. The third kappa shape index (κ3) is 10.2. The van der Waals surface area contributed by atoms with Crippen molar-refractivity contribution in [3.8, 4) is 17.2 Å². The molecule has 3 aromatic rings. The number of methoxy groups -OCH3 is 3. The number of nitrogens with one attached hydrogen (secondary N) is 1. The fourth-order valence-electron chi connectivity index (χ4n) is 6.33. The minimum absolute atomic E-state index is 0. The zero-order chi connectivity index (χ0) is 31.2. The van der Waals surface area contributed by atoms with Crippen LogP contribution in [0.3, 0.4) is 0 Å². The maximum atomic E-state index is 14.7. The van der Waals surface area contributed by atoms with Crippen LogP contribution in [-0.2, 0) is 12.8 Å². The van der Waals surface area contributed by atoms with Gasteiger partial charge in [-0.1, -0.05) is 0 Å². The Morgan fingerprint density at radius 1 is 0.771 bits per heavy atom. The van der Waals surface area contributed by atoms with E-state index in [2.05, 4.69) is 50.1 Å². The average molecular weight is 757 g/mol. The highest BCUT2D eigenvalue weighted by molar-refractivity contribution is 5.86. The number of halogens is 6. The number of anilines is 3. The molecule has 1 aromatic heterocycles. The van der Waals surface area contributed by atoms with Crippen molar-refractivity contribution in [3.63, 3.8) is 0 Å². The number of aromatic nitrogens is 2. The molecule has 5 rings (SSSR count). The van der Waals surface area contributed by atoms with Gasteiger partial charge in [-0.3, -0.25) is 0 Å². The zero-order valence-electron chi connectivity index (χ0n) is 28.0. The summed E-state index contributed by atoms with van der Waals surface area (Å²) >= 11 is 0. The first-order chi connectivity index (χ1) is 21.3. The first kappa shape index (κ1) is 43.5. The summed E-state index contributed by atoms with van der Waals surface area (Å²) in [5, 5.41) is 3.24. The van der Waals surface area contributed by atoms with E-state index in [1.54, 1.807) is 19.5 Å². The second-order valence-electron chi connectivity index (χ2n) is 11.7. The third-order valence-electron chi connectivity index (χ3n) is 9.11. The van der Waals surface area contributed by atoms with Gasteiger partial charge in [0, 0.05) is 61.0 Å². The van der Waals surface area contributed by atoms with Crippen LogP contribution in [0.4, 0.5) is 26.1 Å². The number of hydrogen-bond donors (Lipinski definition) is 1. The quantitative estimate of drug-likeness (QED) is 0.223. The molecule has 0 aliphatic carbocycles. The van der Waals surface area contributed by atoms with Crippen molar-refractivity contribution in [2.24, 2.45) is 0 Å². The van der Waals surface area contributed by atoms with E-state index in [-0.39, 0.29) is 73.1 Å². The van der Waals surface area contributed by atoms with Gasteiger partial charge in [0.25, 0.3) is 0 Å². The summed E-state index contributed by atoms with van der Waals surface area (Å²) < 4.78 is 45.3. The summed E-state index contributed by atoms with van der Waals surface area (Å²) in [4.78, 5) is 16.3. The topological polar surface area (TPSA) is 75.2 Å². The molecule has 1 N–H and O–H groups in total. The Balaban J connectivity index is 0.00000288. The van der Waals surface area contributed by atoms with Crippen LogP contribution in [-0.4, -0.2) is 93.5 Å². The van der Waals surface area contributed by atoms with E-state index in [1.807, 2.05) is 12.1 Å². The van der Waals surface area contributed by atoms with Crippen molar-refractivity contribution in [2.75, 3.05) is 71.8 Å². The van der Waals surface area contributed by atoms with Crippen molar-refractivity contribution < 1.29 is 23.0 Å². The van der Waals surface area contributed by atoms with Crippen LogP contribution in [0, 0.1) is 11.6 Å². The summed E-state index contributed by atoms with van der Waals surface area (Å²) in [7, 11) is 8.88. The number of aryl methyl sites for hydroxylation is 1. The summed E-state index contributed by atoms with van der Waals surface area (Å²) in [6.45, 7) is 4.35. The highest BCUT2D eigenvalue weighted by Gasteiger charge is 2.29. The number of benzene rings is 2. The Labute approximate surface area is 307 Å². The first-order valence-corrected chi connectivity index (χ1v) is 15.3. The van der Waals surface area contributed by atoms with Crippen molar-refractivity contribution in [3.05, 3.63) is 59.4 Å². The molecular formula is C33H48Cl4F2N6O3. The molecule has 2 aromatic carbocycles. The van der Waals surface area contributed by atoms with Crippen molar-refractivity contribution in [1.82, 2.24) is 19.8 Å². The van der Waals surface area contributed by atoms with E-state index in [9.17, 15) is 8.78 Å². The lowest BCUT2D eigenvalue weighted by Crippen LogP contribution is -2.50. The van der Waals surface area contributed by atoms with E-state index >= 15 is 0 Å². The highest BCUT2D eigenvalue weighted by Crippen LogP contribution is 2.35. The average Bonchev–Trinajstić information content (AvgIpc) is 3.05. The minimum Gasteiger partial charge on any atom is -0.495 e. The molecule has 15 heteroatoms. The van der Waals surface area contributed by atoms with E-state index in [4.69, 9.17) is 14.2 Å². The largest absolute Gasteiger partial charge is 0.495 e. The van der Waals surface area contributed by atoms with Crippen molar-refractivity contribution in [1.29, 1.82) is 0 Å². The third-order valence-corrected chi connectivity index (χ3v) is 9.11. The van der Waals surface area contributed by atoms with Gasteiger partial charge in [-0.05, 0) is 83.4 Å². The molecule has 0 radical (unpaired) electrons. The van der Waals surface area contributed by atoms with E-state index in [1.165, 1.54) is 46.2 Å². The predicted octanol–water partition coefficient (Wildman–Crippen LogP) is 6.99. The van der Waals surface area contributed by atoms with Crippen molar-refractivity contribution >= 4 is 67.0 Å². The lowest BCUT2D eigenvalue weighted by molar-refractivity contribution is 0.0947. The van der Waals surface area contributed by atoms with Gasteiger partial charge in [0.05, 0.1) is 27.0 Å². The molecule has 0 spiro atoms. The SMILES string of the molecule is COc1cc(Nc2ncc(CCc3c(F)c(OC)cc(OC)c3F)cn2)ccc1N1CCC(N(C)C2CCN(C)CC2)CC1.Cl.Cl.Cl.Cl. The number of rotatable bonds is 11. The second-order valence-corrected chi connectivity index (χ2v) is 11.7. The molecule has 0 atom stereocenters. The van der Waals surface area contributed by atoms with Crippen LogP contribution >= 0.6 is 49.6 Å². The van der Waals surface area contributed by atoms with Crippen LogP contribution in [0.2, 0.25) is 0 Å². The van der Waals surface area contributed by atoms with E-state index in [0.29, 0.717) is 24.5 Å². The number of hydrogen-bond acceptors (Lipinski definition) is 9. The molecule has 2 fully saturated rings. The minimum atomic E-state index is -0.730. The van der Waals surface area contributed by atoms with Gasteiger partial charge in [-0.15, -0.1) is 49.6 Å². The molecule has 0 saturated carbocycles. The van der Waals surface area contributed by atoms with Crippen LogP contribution in [0.1, 0.15) is 36.8 Å². The summed E-state index contributed by atoms with van der Waals surface area (Å²) in [6, 6.07) is 8.56. The Morgan fingerprint density at radius 3 is 1.81 bits per heavy atom. The molecule has 0 unspecified atom stereocenters. The summed E-state index contributed by atoms with van der Waals surface area (Å²) in [6.07, 6.45) is 8.53. The maximum absolute atomic E-state index is 14.7. The van der Waals surface area contributed by atoms with Gasteiger partial charge in [0.2, 0.25) is 5.95 Å². The normalized spacial score (nSPS) is 15.4. The lowest BCUT2D eigenvalue weighted by atomic mass is 9.97. The van der Waals surface area contributed by atoms with Gasteiger partial charge < -0.3 is 34.2 Å². The molecule has 270 valence electrons. The standard InChI is InChI=1S/C33H44F2N6O3.4ClH/c1-39-14-10-24(11-15-39)40(2)25-12-16-41(17-13-25)27-9-7-23(18-28(27)42-3)38-33-36-20-22(21-37-33)6-8-26-31(34)29(43-4)19-30(44-5)32(26)35;;;;/h7,9,18-21,24-25H,6,8,10-17H2,1-5H3,(H,36,37,38);4*1H. The van der Waals surface area contributed by atoms with Gasteiger partial charge in [0.1, 0.15) is 5.75 Å². The molecule has 48 heavy (non-hydrogen) atoms. The molecule has 0 bridgehead atoms. The number of ether oxygens (including phenoxy) is 3. The Kier molecular flexibility index (Phi) is 18.3. The lowest BCUT2D eigenvalue weighted by Gasteiger charge is -2.43. The summed E-state index contributed by atoms with van der Waals surface area (Å²) in [5.74, 6) is -0.363. The van der Waals surface area contributed by atoms with Gasteiger partial charge in [0.15, 0.2) is 23.1 Å². The van der Waals surface area contributed by atoms with Crippen LogP contribution in [0.5, 0.6) is 17.2 Å². The van der Waals surface area contributed by atoms with Crippen molar-refractivity contribution in [2.45, 2.75) is 50.6 Å². The fraction of sp³-hybridized carbons (Fsp3) is 0.515. The highest BCUT2D eigenvalue weighted by atomic mass is 35.5. The Bertz CT molecular complexity index is 1380. The molecule has 9 nitrogen and oxygen atoms in total. The van der Waals surface area contributed by atoms with Crippen LogP contribution < -0.4 is 24.4 Å². The number of piperidine rings is 2. The van der Waals surface area contributed by atoms with Gasteiger partial charge in [-0.2, -0.15) is 0 Å². The molecule has 2 aliphatic rings. The smallest absolute Gasteiger partial charge is 0.227 e. The Morgan fingerprint density at radius 2 is 1.29 bits per heavy atom. The van der Waals surface area contributed by atoms with E-state index in [0.717, 1.165) is 48.6 Å². The molecule has 2 aliphatic heterocycles. The number of nitrogens with zero attached hydrogens (tertiary/aromatic N) is 5. The van der Waals surface area contributed by atoms with Gasteiger partial charge >= 0.3 is 0 Å². The Hall–Kier alpha value is -2.54. The first-order valence-electron chi connectivity index (χ1n) is 15.3. The molecule has 0 amide bonds. The molecule has 3 heterocycles. The fourth-order valence-corrected chi connectivity index (χ4v) is 6.33. The predicted molar refractivity (Wildman–Crippen MR) is 198 cm³/mol. The monoisotopic (exact) mass is 754 g/mol. The molecular weight excluding hydrogens is 708 g/mol. The van der Waals surface area contributed by atoms with Gasteiger partial charge in [-0.25, -0.2) is 18.7 Å². The van der Waals surface area contributed by atoms with Crippen LogP contribution in [0.25, 0.3) is 0 Å². The van der Waals surface area contributed by atoms with E-state index < -0.39 is 11.6 Å².